The van der Waals surface area contributed by atoms with Crippen LogP contribution in [0.2, 0.25) is 5.02 Å². The van der Waals surface area contributed by atoms with Crippen molar-refractivity contribution >= 4 is 58.0 Å². The summed E-state index contributed by atoms with van der Waals surface area (Å²) < 4.78 is 13.2. The van der Waals surface area contributed by atoms with Gasteiger partial charge < -0.3 is 10.6 Å². The van der Waals surface area contributed by atoms with Crippen molar-refractivity contribution in [2.75, 3.05) is 15.5 Å². The second kappa shape index (κ2) is 8.82. The zero-order valence-electron chi connectivity index (χ0n) is 16.2. The lowest BCUT2D eigenvalue weighted by molar-refractivity contribution is -0.120. The maximum atomic E-state index is 13.2. The number of halogens is 3. The van der Waals surface area contributed by atoms with E-state index in [4.69, 9.17) is 23.2 Å². The number of hydrogen-bond acceptors (Lipinski definition) is 4. The number of carbonyl (C=O) groups excluding carboxylic acids is 3. The molecule has 0 atom stereocenters. The van der Waals surface area contributed by atoms with E-state index in [0.29, 0.717) is 22.0 Å². The lowest BCUT2D eigenvalue weighted by Gasteiger charge is -2.15. The number of anilines is 3. The van der Waals surface area contributed by atoms with E-state index in [0.717, 1.165) is 17.0 Å². The Labute approximate surface area is 192 Å². The molecule has 6 nitrogen and oxygen atoms in total. The molecule has 32 heavy (non-hydrogen) atoms. The number of imide groups is 1. The third kappa shape index (κ3) is 4.21. The lowest BCUT2D eigenvalue weighted by atomic mass is 10.1. The Hall–Kier alpha value is -3.68. The van der Waals surface area contributed by atoms with Crippen LogP contribution in [0.4, 0.5) is 21.5 Å². The zero-order chi connectivity index (χ0) is 22.8. The first-order chi connectivity index (χ1) is 15.3. The van der Waals surface area contributed by atoms with Crippen molar-refractivity contribution < 1.29 is 18.8 Å². The summed E-state index contributed by atoms with van der Waals surface area (Å²) in [7, 11) is 0. The predicted molar refractivity (Wildman–Crippen MR) is 121 cm³/mol. The molecule has 0 radical (unpaired) electrons. The van der Waals surface area contributed by atoms with Crippen molar-refractivity contribution in [1.29, 1.82) is 0 Å². The molecule has 160 valence electrons. The first kappa shape index (κ1) is 21.5. The molecule has 0 saturated heterocycles. The van der Waals surface area contributed by atoms with Crippen LogP contribution in [-0.2, 0) is 9.59 Å². The van der Waals surface area contributed by atoms with Crippen molar-refractivity contribution in [3.8, 4) is 0 Å². The second-order valence-corrected chi connectivity index (χ2v) is 7.54. The molecule has 0 bridgehead atoms. The van der Waals surface area contributed by atoms with Gasteiger partial charge in [-0.25, -0.2) is 9.29 Å². The molecule has 0 saturated carbocycles. The minimum Gasteiger partial charge on any atom is -0.350 e. The fourth-order valence-corrected chi connectivity index (χ4v) is 3.47. The Balaban J connectivity index is 1.55. The van der Waals surface area contributed by atoms with E-state index in [1.807, 2.05) is 0 Å². The number of amides is 3. The average molecular weight is 470 g/mol. The summed E-state index contributed by atoms with van der Waals surface area (Å²) in [5.41, 5.74) is 1.15. The van der Waals surface area contributed by atoms with Crippen LogP contribution >= 0.6 is 23.2 Å². The van der Waals surface area contributed by atoms with Gasteiger partial charge in [-0.05, 0) is 54.6 Å². The third-order valence-electron chi connectivity index (χ3n) is 4.63. The zero-order valence-corrected chi connectivity index (χ0v) is 17.7. The highest BCUT2D eigenvalue weighted by Crippen LogP contribution is 2.30. The van der Waals surface area contributed by atoms with Gasteiger partial charge >= 0.3 is 0 Å². The van der Waals surface area contributed by atoms with E-state index in [9.17, 15) is 18.8 Å². The minimum atomic E-state index is -0.738. The molecule has 1 heterocycles. The predicted octanol–water partition coefficient (Wildman–Crippen LogP) is 5.17. The summed E-state index contributed by atoms with van der Waals surface area (Å²) in [5, 5.41) is 5.59. The summed E-state index contributed by atoms with van der Waals surface area (Å²) in [6, 6.07) is 18.0. The summed E-state index contributed by atoms with van der Waals surface area (Å²) in [5.74, 6) is -2.35. The normalized spacial score (nSPS) is 13.5. The van der Waals surface area contributed by atoms with E-state index in [-0.39, 0.29) is 16.4 Å². The van der Waals surface area contributed by atoms with Gasteiger partial charge in [0, 0.05) is 11.3 Å². The summed E-state index contributed by atoms with van der Waals surface area (Å²) in [6.45, 7) is 0. The van der Waals surface area contributed by atoms with Gasteiger partial charge in [-0.2, -0.15) is 0 Å². The molecule has 1 aliphatic rings. The van der Waals surface area contributed by atoms with Crippen LogP contribution < -0.4 is 15.5 Å². The highest BCUT2D eigenvalue weighted by molar-refractivity contribution is 6.53. The fourth-order valence-electron chi connectivity index (χ4n) is 3.08. The van der Waals surface area contributed by atoms with Gasteiger partial charge in [-0.3, -0.25) is 14.4 Å². The molecule has 0 unspecified atom stereocenters. The van der Waals surface area contributed by atoms with Crippen LogP contribution in [0.25, 0.3) is 0 Å². The molecule has 9 heteroatoms. The quantitative estimate of drug-likeness (QED) is 0.505. The second-order valence-electron chi connectivity index (χ2n) is 6.75. The van der Waals surface area contributed by atoms with E-state index < -0.39 is 23.5 Å². The molecule has 3 aromatic carbocycles. The molecule has 3 amide bonds. The van der Waals surface area contributed by atoms with Crippen molar-refractivity contribution in [1.82, 2.24) is 0 Å². The van der Waals surface area contributed by atoms with Gasteiger partial charge in [-0.15, -0.1) is 0 Å². The van der Waals surface area contributed by atoms with E-state index in [1.54, 1.807) is 42.5 Å². The topological polar surface area (TPSA) is 78.5 Å². The molecule has 0 spiro atoms. The summed E-state index contributed by atoms with van der Waals surface area (Å²) >= 11 is 12.2. The Morgan fingerprint density at radius 3 is 2.31 bits per heavy atom. The van der Waals surface area contributed by atoms with Crippen LogP contribution in [0, 0.1) is 5.82 Å². The van der Waals surface area contributed by atoms with Gasteiger partial charge in [0.25, 0.3) is 17.7 Å². The first-order valence-corrected chi connectivity index (χ1v) is 10.1. The Kier molecular flexibility index (Phi) is 5.94. The number of hydrogen-bond donors (Lipinski definition) is 2. The molecule has 0 aliphatic carbocycles. The monoisotopic (exact) mass is 469 g/mol. The van der Waals surface area contributed by atoms with Gasteiger partial charge in [0.15, 0.2) is 0 Å². The molecule has 1 aliphatic heterocycles. The Bertz CT molecular complexity index is 1280. The van der Waals surface area contributed by atoms with E-state index in [2.05, 4.69) is 10.6 Å². The maximum Gasteiger partial charge on any atom is 0.283 e. The summed E-state index contributed by atoms with van der Waals surface area (Å²) in [6.07, 6.45) is 0. The summed E-state index contributed by atoms with van der Waals surface area (Å²) in [4.78, 5) is 38.8. The number of nitrogens with one attached hydrogen (secondary N) is 2. The SMILES string of the molecule is O=C(Nc1ccccc1Cl)c1cccc(NC2=C(Cl)C(=O)N(c3ccc(F)cc3)C2=O)c1. The van der Waals surface area contributed by atoms with Gasteiger partial charge in [0.1, 0.15) is 16.5 Å². The van der Waals surface area contributed by atoms with Crippen molar-refractivity contribution in [2.24, 2.45) is 0 Å². The number of para-hydroxylation sites is 1. The molecule has 4 rings (SSSR count). The largest absolute Gasteiger partial charge is 0.350 e. The van der Waals surface area contributed by atoms with Gasteiger partial charge in [0.2, 0.25) is 0 Å². The molecule has 0 aromatic heterocycles. The van der Waals surface area contributed by atoms with E-state index in [1.165, 1.54) is 18.2 Å². The highest BCUT2D eigenvalue weighted by atomic mass is 35.5. The lowest BCUT2D eigenvalue weighted by Crippen LogP contribution is -2.32. The number of benzene rings is 3. The van der Waals surface area contributed by atoms with Crippen molar-refractivity contribution in [3.05, 3.63) is 99.9 Å². The van der Waals surface area contributed by atoms with Gasteiger partial charge in [0.05, 0.1) is 16.4 Å². The van der Waals surface area contributed by atoms with Crippen LogP contribution in [0.5, 0.6) is 0 Å². The highest BCUT2D eigenvalue weighted by Gasteiger charge is 2.39. The van der Waals surface area contributed by atoms with E-state index >= 15 is 0 Å². The molecule has 0 fully saturated rings. The van der Waals surface area contributed by atoms with Crippen LogP contribution in [-0.4, -0.2) is 17.7 Å². The maximum absolute atomic E-state index is 13.2. The van der Waals surface area contributed by atoms with Crippen LogP contribution in [0.3, 0.4) is 0 Å². The average Bonchev–Trinajstić information content (AvgIpc) is 2.99. The van der Waals surface area contributed by atoms with Gasteiger partial charge in [-0.1, -0.05) is 41.4 Å². The van der Waals surface area contributed by atoms with Crippen molar-refractivity contribution in [3.63, 3.8) is 0 Å². The van der Waals surface area contributed by atoms with Crippen molar-refractivity contribution in [2.45, 2.75) is 0 Å². The standard InChI is InChI=1S/C23H14Cl2FN3O3/c24-17-6-1-2-7-18(17)28-21(30)13-4-3-5-15(12-13)27-20-19(25)22(31)29(23(20)32)16-10-8-14(26)9-11-16/h1-12,27H,(H,28,30). The fraction of sp³-hybridized carbons (Fsp3) is 0. The Morgan fingerprint density at radius 1 is 0.875 bits per heavy atom. The first-order valence-electron chi connectivity index (χ1n) is 9.32. The third-order valence-corrected chi connectivity index (χ3v) is 5.31. The number of nitrogens with zero attached hydrogens (tertiary/aromatic N) is 1. The number of rotatable bonds is 5. The molecular formula is C23H14Cl2FN3O3. The Morgan fingerprint density at radius 2 is 1.59 bits per heavy atom. The molecular weight excluding hydrogens is 456 g/mol. The van der Waals surface area contributed by atoms with Crippen LogP contribution in [0.15, 0.2) is 83.5 Å². The minimum absolute atomic E-state index is 0.148. The molecule has 3 aromatic rings. The smallest absolute Gasteiger partial charge is 0.283 e. The molecule has 2 N–H and O–H groups in total. The number of carbonyl (C=O) groups is 3. The van der Waals surface area contributed by atoms with Crippen LogP contribution in [0.1, 0.15) is 10.4 Å².